The van der Waals surface area contributed by atoms with Gasteiger partial charge in [0.05, 0.1) is 11.7 Å². The van der Waals surface area contributed by atoms with Gasteiger partial charge in [0.1, 0.15) is 0 Å². The first kappa shape index (κ1) is 26.2. The number of aliphatic hydroxyl groups is 1. The van der Waals surface area contributed by atoms with Crippen LogP contribution in [0.3, 0.4) is 0 Å². The molecule has 8 heteroatoms. The molecule has 4 atom stereocenters. The first-order valence-electron chi connectivity index (χ1n) is 12.3. The molecule has 2 aliphatic heterocycles. The van der Waals surface area contributed by atoms with Crippen molar-refractivity contribution in [2.24, 2.45) is 11.7 Å². The molecule has 0 saturated carbocycles. The van der Waals surface area contributed by atoms with Crippen molar-refractivity contribution in [3.63, 3.8) is 0 Å². The van der Waals surface area contributed by atoms with Crippen LogP contribution in [-0.2, 0) is 15.1 Å². The fourth-order valence-electron chi connectivity index (χ4n) is 5.12. The molecule has 2 heterocycles. The van der Waals surface area contributed by atoms with Gasteiger partial charge in [0.2, 0.25) is 0 Å². The Morgan fingerprint density at radius 1 is 1.39 bits per heavy atom. The normalized spacial score (nSPS) is 23.8. The summed E-state index contributed by atoms with van der Waals surface area (Å²) in [5.41, 5.74) is 5.99. The predicted octanol–water partition coefficient (Wildman–Crippen LogP) is 3.66. The number of amides is 2. The van der Waals surface area contributed by atoms with E-state index >= 15 is 0 Å². The number of benzene rings is 1. The smallest absolute Gasteiger partial charge is 0.317 e. The van der Waals surface area contributed by atoms with Crippen LogP contribution in [0, 0.1) is 5.92 Å². The van der Waals surface area contributed by atoms with Crippen LogP contribution in [0.15, 0.2) is 24.3 Å². The number of unbranched alkanes of at least 4 members (excludes halogenated alkanes) is 1. The number of ether oxygens (including phenoxy) is 2. The van der Waals surface area contributed by atoms with Gasteiger partial charge in [-0.2, -0.15) is 0 Å². The molecule has 2 aliphatic rings. The van der Waals surface area contributed by atoms with Gasteiger partial charge in [-0.1, -0.05) is 23.7 Å². The Hall–Kier alpha value is -1.38. The first-order chi connectivity index (χ1) is 15.9. The second-order valence-electron chi connectivity index (χ2n) is 9.49. The lowest BCUT2D eigenvalue weighted by Gasteiger charge is -2.43. The van der Waals surface area contributed by atoms with Crippen molar-refractivity contribution < 1.29 is 19.4 Å². The Morgan fingerprint density at radius 2 is 2.24 bits per heavy atom. The molecule has 7 nitrogen and oxygen atoms in total. The predicted molar refractivity (Wildman–Crippen MR) is 130 cm³/mol. The number of halogens is 1. The van der Waals surface area contributed by atoms with Gasteiger partial charge in [-0.3, -0.25) is 0 Å². The van der Waals surface area contributed by atoms with Crippen LogP contribution in [0.25, 0.3) is 0 Å². The molecule has 4 unspecified atom stereocenters. The average molecular weight is 482 g/mol. The molecule has 2 amide bonds. The molecule has 0 aliphatic carbocycles. The highest BCUT2D eigenvalue weighted by atomic mass is 35.5. The Labute approximate surface area is 202 Å². The maximum atomic E-state index is 12.9. The van der Waals surface area contributed by atoms with Crippen molar-refractivity contribution in [2.75, 3.05) is 40.0 Å². The highest BCUT2D eigenvalue weighted by molar-refractivity contribution is 6.30. The Balaban J connectivity index is 1.61. The molecule has 3 rings (SSSR count). The minimum absolute atomic E-state index is 0.0708. The Morgan fingerprint density at radius 3 is 2.97 bits per heavy atom. The van der Waals surface area contributed by atoms with Crippen molar-refractivity contribution in [3.8, 4) is 0 Å². The number of nitrogens with two attached hydrogens (primary N) is 1. The molecule has 0 radical (unpaired) electrons. The van der Waals surface area contributed by atoms with Gasteiger partial charge >= 0.3 is 6.03 Å². The van der Waals surface area contributed by atoms with Gasteiger partial charge in [-0.15, -0.1) is 0 Å². The summed E-state index contributed by atoms with van der Waals surface area (Å²) in [7, 11) is 1.69. The number of methoxy groups -OCH3 is 1. The molecular weight excluding hydrogens is 442 g/mol. The molecule has 186 valence electrons. The van der Waals surface area contributed by atoms with E-state index in [-0.39, 0.29) is 24.1 Å². The molecule has 0 bridgehead atoms. The molecule has 2 fully saturated rings. The zero-order valence-electron chi connectivity index (χ0n) is 19.8. The highest BCUT2D eigenvalue weighted by Crippen LogP contribution is 2.40. The number of likely N-dealkylation sites (tertiary alicyclic amines) is 1. The van der Waals surface area contributed by atoms with Crippen LogP contribution >= 0.6 is 11.6 Å². The summed E-state index contributed by atoms with van der Waals surface area (Å²) in [6.45, 7) is 3.07. The standard InChI is InChI=1S/C25H40ClN3O4/c1-32-13-3-2-11-25(31,19-7-4-9-21(26)15-19)20-8-5-12-29(18-20)24(30)28-17-22(27)16-23-10-6-14-33-23/h4,7,9,15,20,22-23,31H,2-3,5-6,8,10-14,16-18,27H2,1H3,(H,28,30). The van der Waals surface area contributed by atoms with E-state index in [9.17, 15) is 9.90 Å². The van der Waals surface area contributed by atoms with Crippen LogP contribution in [0.1, 0.15) is 56.9 Å². The van der Waals surface area contributed by atoms with Crippen molar-refractivity contribution in [1.82, 2.24) is 10.2 Å². The number of hydrogen-bond donors (Lipinski definition) is 3. The van der Waals surface area contributed by atoms with Crippen molar-refractivity contribution in [2.45, 2.75) is 69.1 Å². The number of rotatable bonds is 11. The first-order valence-corrected chi connectivity index (χ1v) is 12.7. The number of piperidine rings is 1. The van der Waals surface area contributed by atoms with Gasteiger partial charge in [0, 0.05) is 56.9 Å². The van der Waals surface area contributed by atoms with E-state index in [0.29, 0.717) is 37.7 Å². The Kier molecular flexibility index (Phi) is 10.3. The number of nitrogens with one attached hydrogen (secondary N) is 1. The molecule has 33 heavy (non-hydrogen) atoms. The van der Waals surface area contributed by atoms with E-state index in [0.717, 1.165) is 57.1 Å². The fourth-order valence-corrected chi connectivity index (χ4v) is 5.31. The number of nitrogens with zero attached hydrogens (tertiary/aromatic N) is 1. The van der Waals surface area contributed by atoms with Crippen LogP contribution < -0.4 is 11.1 Å². The lowest BCUT2D eigenvalue weighted by atomic mass is 9.74. The summed E-state index contributed by atoms with van der Waals surface area (Å²) in [5.74, 6) is -0.0708. The average Bonchev–Trinajstić information content (AvgIpc) is 3.33. The fraction of sp³-hybridized carbons (Fsp3) is 0.720. The van der Waals surface area contributed by atoms with Gasteiger partial charge in [-0.25, -0.2) is 4.79 Å². The number of urea groups is 1. The molecule has 2 saturated heterocycles. The largest absolute Gasteiger partial charge is 0.385 e. The number of carbonyl (C=O) groups is 1. The van der Waals surface area contributed by atoms with E-state index in [1.807, 2.05) is 29.2 Å². The summed E-state index contributed by atoms with van der Waals surface area (Å²) >= 11 is 6.26. The van der Waals surface area contributed by atoms with E-state index in [2.05, 4.69) is 5.32 Å². The van der Waals surface area contributed by atoms with Crippen LogP contribution in [0.2, 0.25) is 5.02 Å². The third-order valence-electron chi connectivity index (χ3n) is 6.97. The van der Waals surface area contributed by atoms with Gasteiger partial charge in [0.25, 0.3) is 0 Å². The maximum absolute atomic E-state index is 12.9. The van der Waals surface area contributed by atoms with Crippen molar-refractivity contribution in [3.05, 3.63) is 34.9 Å². The number of carbonyl (C=O) groups excluding carboxylic acids is 1. The molecule has 1 aromatic rings. The molecule has 0 spiro atoms. The summed E-state index contributed by atoms with van der Waals surface area (Å²) in [6, 6.07) is 7.24. The summed E-state index contributed by atoms with van der Waals surface area (Å²) in [4.78, 5) is 14.7. The van der Waals surface area contributed by atoms with E-state index in [4.69, 9.17) is 26.8 Å². The molecule has 1 aromatic carbocycles. The topological polar surface area (TPSA) is 97.1 Å². The number of hydrogen-bond acceptors (Lipinski definition) is 5. The highest BCUT2D eigenvalue weighted by Gasteiger charge is 2.41. The lowest BCUT2D eigenvalue weighted by Crippen LogP contribution is -2.52. The zero-order chi connectivity index (χ0) is 23.7. The lowest BCUT2D eigenvalue weighted by molar-refractivity contribution is -0.0563. The van der Waals surface area contributed by atoms with Gasteiger partial charge in [-0.05, 0) is 69.1 Å². The monoisotopic (exact) mass is 481 g/mol. The third-order valence-corrected chi connectivity index (χ3v) is 7.21. The van der Waals surface area contributed by atoms with Crippen LogP contribution in [0.4, 0.5) is 4.79 Å². The Bertz CT molecular complexity index is 746. The van der Waals surface area contributed by atoms with E-state index in [1.54, 1.807) is 7.11 Å². The zero-order valence-corrected chi connectivity index (χ0v) is 20.6. The minimum atomic E-state index is -1.05. The van der Waals surface area contributed by atoms with Crippen molar-refractivity contribution in [1.29, 1.82) is 0 Å². The van der Waals surface area contributed by atoms with E-state index < -0.39 is 5.60 Å². The molecule has 4 N–H and O–H groups in total. The van der Waals surface area contributed by atoms with Crippen molar-refractivity contribution >= 4 is 17.6 Å². The summed E-state index contributed by atoms with van der Waals surface area (Å²) in [6.07, 6.45) is 7.11. The van der Waals surface area contributed by atoms with Crippen LogP contribution in [0.5, 0.6) is 0 Å². The second kappa shape index (κ2) is 12.9. The van der Waals surface area contributed by atoms with Crippen LogP contribution in [-0.4, -0.2) is 68.1 Å². The summed E-state index contributed by atoms with van der Waals surface area (Å²) < 4.78 is 10.8. The minimum Gasteiger partial charge on any atom is -0.385 e. The third kappa shape index (κ3) is 7.55. The van der Waals surface area contributed by atoms with E-state index in [1.165, 1.54) is 0 Å². The van der Waals surface area contributed by atoms with Gasteiger partial charge < -0.3 is 30.5 Å². The summed E-state index contributed by atoms with van der Waals surface area (Å²) in [5, 5.41) is 15.5. The molecular formula is C25H40ClN3O4. The SMILES string of the molecule is COCCCCC(O)(c1cccc(Cl)c1)C1CCCN(C(=O)NCC(N)CC2CCCO2)C1. The van der Waals surface area contributed by atoms with Gasteiger partial charge in [0.15, 0.2) is 0 Å². The molecule has 0 aromatic heterocycles. The maximum Gasteiger partial charge on any atom is 0.317 e. The quantitative estimate of drug-likeness (QED) is 0.419. The second-order valence-corrected chi connectivity index (χ2v) is 9.92.